The lowest BCUT2D eigenvalue weighted by atomic mass is 10.2. The van der Waals surface area contributed by atoms with E-state index >= 15 is 0 Å². The second-order valence-electron chi connectivity index (χ2n) is 3.02. The van der Waals surface area contributed by atoms with E-state index in [-0.39, 0.29) is 0 Å². The van der Waals surface area contributed by atoms with Crippen LogP contribution in [0.3, 0.4) is 0 Å². The van der Waals surface area contributed by atoms with Crippen molar-refractivity contribution in [2.45, 2.75) is 0 Å². The second-order valence-corrected chi connectivity index (χ2v) is 3.92. The molecule has 0 aliphatic rings. The van der Waals surface area contributed by atoms with E-state index in [9.17, 15) is 0 Å². The molecule has 1 N–H and O–H groups in total. The summed E-state index contributed by atoms with van der Waals surface area (Å²) in [5.41, 5.74) is 2.11. The molecule has 0 spiro atoms. The molecule has 0 fully saturated rings. The largest absolute Gasteiger partial charge is 0.352 e. The highest BCUT2D eigenvalue weighted by atomic mass is 32.1. The van der Waals surface area contributed by atoms with Crippen molar-refractivity contribution in [3.05, 3.63) is 41.9 Å². The number of hydrogen-bond donors (Lipinski definition) is 1. The van der Waals surface area contributed by atoms with E-state index in [0.717, 1.165) is 16.2 Å². The predicted octanol–water partition coefficient (Wildman–Crippen LogP) is 3.09. The Kier molecular flexibility index (Phi) is 1.64. The number of aromatic nitrogens is 2. The number of nitrogens with one attached hydrogen (secondary N) is 1. The van der Waals surface area contributed by atoms with Crippen molar-refractivity contribution in [2.75, 3.05) is 0 Å². The zero-order valence-corrected chi connectivity index (χ0v) is 8.14. The lowest BCUT2D eigenvalue weighted by molar-refractivity contribution is 1.36. The molecule has 2 nitrogen and oxygen atoms in total. The van der Waals surface area contributed by atoms with Crippen molar-refractivity contribution >= 4 is 22.2 Å². The monoisotopic (exact) mass is 199 g/mol. The molecule has 0 aliphatic carbocycles. The van der Waals surface area contributed by atoms with Crippen LogP contribution in [0.2, 0.25) is 0 Å². The van der Waals surface area contributed by atoms with Crippen molar-refractivity contribution < 1.29 is 0 Å². The molecule has 2 aromatic heterocycles. The SMILES string of the molecule is [c]1cccc2cc(-c3nccs3)[nH]c12. The van der Waals surface area contributed by atoms with Crippen molar-refractivity contribution in [1.29, 1.82) is 0 Å². The molecule has 0 saturated heterocycles. The number of para-hydroxylation sites is 1. The smallest absolute Gasteiger partial charge is 0.139 e. The first-order valence-corrected chi connectivity index (χ1v) is 5.21. The van der Waals surface area contributed by atoms with Crippen LogP contribution >= 0.6 is 11.3 Å². The summed E-state index contributed by atoms with van der Waals surface area (Å²) >= 11 is 1.64. The molecule has 0 saturated carbocycles. The van der Waals surface area contributed by atoms with Gasteiger partial charge in [-0.3, -0.25) is 0 Å². The van der Waals surface area contributed by atoms with Gasteiger partial charge < -0.3 is 4.98 Å². The molecule has 0 aliphatic heterocycles. The molecule has 2 heterocycles. The van der Waals surface area contributed by atoms with Gasteiger partial charge in [0.05, 0.1) is 11.2 Å². The molecule has 0 unspecified atom stereocenters. The van der Waals surface area contributed by atoms with E-state index in [1.807, 2.05) is 23.7 Å². The van der Waals surface area contributed by atoms with Crippen LogP contribution < -0.4 is 0 Å². The van der Waals surface area contributed by atoms with Crippen LogP contribution in [0.5, 0.6) is 0 Å². The topological polar surface area (TPSA) is 28.7 Å². The van der Waals surface area contributed by atoms with Gasteiger partial charge >= 0.3 is 0 Å². The molecule has 1 aromatic carbocycles. The van der Waals surface area contributed by atoms with Gasteiger partial charge in [-0.15, -0.1) is 11.3 Å². The average molecular weight is 199 g/mol. The van der Waals surface area contributed by atoms with Crippen molar-refractivity contribution in [2.24, 2.45) is 0 Å². The van der Waals surface area contributed by atoms with Crippen LogP contribution in [0.15, 0.2) is 35.8 Å². The van der Waals surface area contributed by atoms with Gasteiger partial charge in [0.15, 0.2) is 0 Å². The Labute approximate surface area is 85.2 Å². The maximum absolute atomic E-state index is 4.26. The maximum atomic E-state index is 4.26. The molecular weight excluding hydrogens is 192 g/mol. The Hall–Kier alpha value is -1.61. The summed E-state index contributed by atoms with van der Waals surface area (Å²) in [4.78, 5) is 7.55. The van der Waals surface area contributed by atoms with Crippen molar-refractivity contribution in [3.8, 4) is 10.7 Å². The average Bonchev–Trinajstić information content (AvgIpc) is 2.86. The Morgan fingerprint density at radius 1 is 1.43 bits per heavy atom. The third kappa shape index (κ3) is 1.14. The van der Waals surface area contributed by atoms with Gasteiger partial charge in [0.25, 0.3) is 0 Å². The molecule has 0 amide bonds. The Morgan fingerprint density at radius 2 is 2.43 bits per heavy atom. The quantitative estimate of drug-likeness (QED) is 0.641. The molecule has 1 radical (unpaired) electrons. The third-order valence-electron chi connectivity index (χ3n) is 2.11. The Bertz CT molecular complexity index is 518. The van der Waals surface area contributed by atoms with E-state index in [2.05, 4.69) is 28.2 Å². The van der Waals surface area contributed by atoms with E-state index in [1.165, 1.54) is 5.39 Å². The standard InChI is InChI=1S/C11H7N2S/c1-2-4-9-8(3-1)7-10(13-9)11-12-5-6-14-11/h1-3,5-7,13H. The molecule has 0 bridgehead atoms. The fourth-order valence-corrected chi connectivity index (χ4v) is 2.09. The van der Waals surface area contributed by atoms with Crippen molar-refractivity contribution in [1.82, 2.24) is 9.97 Å². The number of fused-ring (bicyclic) bond motifs is 1. The summed E-state index contributed by atoms with van der Waals surface area (Å²) in [6, 6.07) is 11.2. The summed E-state index contributed by atoms with van der Waals surface area (Å²) in [7, 11) is 0. The number of H-pyrrole nitrogens is 1. The molecule has 14 heavy (non-hydrogen) atoms. The molecule has 3 aromatic rings. The normalized spacial score (nSPS) is 10.9. The molecule has 3 rings (SSSR count). The third-order valence-corrected chi connectivity index (χ3v) is 2.92. The highest BCUT2D eigenvalue weighted by Crippen LogP contribution is 2.24. The summed E-state index contributed by atoms with van der Waals surface area (Å²) in [6.45, 7) is 0. The first-order valence-electron chi connectivity index (χ1n) is 4.33. The van der Waals surface area contributed by atoms with Crippen LogP contribution in [0.4, 0.5) is 0 Å². The van der Waals surface area contributed by atoms with Crippen LogP contribution in [0.25, 0.3) is 21.6 Å². The molecule has 67 valence electrons. The summed E-state index contributed by atoms with van der Waals surface area (Å²) in [6.07, 6.45) is 1.81. The summed E-state index contributed by atoms with van der Waals surface area (Å²) in [5.74, 6) is 0. The van der Waals surface area contributed by atoms with E-state index in [1.54, 1.807) is 11.3 Å². The van der Waals surface area contributed by atoms with Gasteiger partial charge in [0.1, 0.15) is 5.01 Å². The molecule has 3 heteroatoms. The van der Waals surface area contributed by atoms with Crippen LogP contribution in [0.1, 0.15) is 0 Å². The minimum Gasteiger partial charge on any atom is -0.352 e. The number of rotatable bonds is 1. The first-order chi connectivity index (χ1) is 6.93. The van der Waals surface area contributed by atoms with E-state index < -0.39 is 0 Å². The zero-order chi connectivity index (χ0) is 9.38. The Balaban J connectivity index is 2.24. The van der Waals surface area contributed by atoms with Gasteiger partial charge in [0.2, 0.25) is 0 Å². The van der Waals surface area contributed by atoms with E-state index in [0.29, 0.717) is 0 Å². The number of nitrogens with zero attached hydrogens (tertiary/aromatic N) is 1. The van der Waals surface area contributed by atoms with Gasteiger partial charge in [-0.2, -0.15) is 0 Å². The predicted molar refractivity (Wildman–Crippen MR) is 58.2 cm³/mol. The minimum atomic E-state index is 1.02. The molecular formula is C11H7N2S. The van der Waals surface area contributed by atoms with Crippen LogP contribution in [-0.4, -0.2) is 9.97 Å². The zero-order valence-electron chi connectivity index (χ0n) is 7.32. The van der Waals surface area contributed by atoms with Gasteiger partial charge in [0, 0.05) is 23.0 Å². The fraction of sp³-hybridized carbons (Fsp3) is 0. The highest BCUT2D eigenvalue weighted by Gasteiger charge is 2.03. The number of aromatic amines is 1. The maximum Gasteiger partial charge on any atom is 0.139 e. The second kappa shape index (κ2) is 2.96. The lowest BCUT2D eigenvalue weighted by Crippen LogP contribution is -1.72. The molecule has 0 atom stereocenters. The van der Waals surface area contributed by atoms with Crippen molar-refractivity contribution in [3.63, 3.8) is 0 Å². The van der Waals surface area contributed by atoms with Gasteiger partial charge in [-0.05, 0) is 6.07 Å². The lowest BCUT2D eigenvalue weighted by Gasteiger charge is -1.86. The van der Waals surface area contributed by atoms with E-state index in [4.69, 9.17) is 0 Å². The minimum absolute atomic E-state index is 1.02. The first kappa shape index (κ1) is 7.76. The Morgan fingerprint density at radius 3 is 3.21 bits per heavy atom. The fourth-order valence-electron chi connectivity index (χ4n) is 1.48. The number of hydrogen-bond acceptors (Lipinski definition) is 2. The highest BCUT2D eigenvalue weighted by molar-refractivity contribution is 7.13. The summed E-state index contributed by atoms with van der Waals surface area (Å²) in [5, 5.41) is 4.18. The van der Waals surface area contributed by atoms with Gasteiger partial charge in [-0.1, -0.05) is 18.2 Å². The number of benzene rings is 1. The van der Waals surface area contributed by atoms with Crippen LogP contribution in [0, 0.1) is 6.07 Å². The number of thiazole rings is 1. The summed E-state index contributed by atoms with van der Waals surface area (Å²) < 4.78 is 0. The van der Waals surface area contributed by atoms with Gasteiger partial charge in [-0.25, -0.2) is 4.98 Å². The van der Waals surface area contributed by atoms with Crippen LogP contribution in [-0.2, 0) is 0 Å².